The number of benzene rings is 1. The van der Waals surface area contributed by atoms with E-state index in [1.807, 2.05) is 43.5 Å². The van der Waals surface area contributed by atoms with Gasteiger partial charge in [0.2, 0.25) is 10.9 Å². The van der Waals surface area contributed by atoms with Gasteiger partial charge in [0.05, 0.1) is 17.9 Å². The molecule has 27 heavy (non-hydrogen) atoms. The fourth-order valence-corrected chi connectivity index (χ4v) is 3.82. The summed E-state index contributed by atoms with van der Waals surface area (Å²) in [5, 5.41) is 11.0. The molecule has 2 aromatic heterocycles. The van der Waals surface area contributed by atoms with Gasteiger partial charge in [-0.2, -0.15) is 5.10 Å². The van der Waals surface area contributed by atoms with Crippen molar-refractivity contribution in [2.75, 3.05) is 13.2 Å². The predicted octanol–water partition coefficient (Wildman–Crippen LogP) is 1.01. The highest BCUT2D eigenvalue weighted by Crippen LogP contribution is 2.22. The molecule has 0 spiro atoms. The zero-order valence-corrected chi connectivity index (χ0v) is 15.5. The van der Waals surface area contributed by atoms with Gasteiger partial charge in [0.25, 0.3) is 5.91 Å². The Morgan fingerprint density at radius 3 is 3.00 bits per heavy atom. The van der Waals surface area contributed by atoms with Crippen LogP contribution < -0.4 is 10.6 Å². The van der Waals surface area contributed by atoms with E-state index >= 15 is 0 Å². The van der Waals surface area contributed by atoms with Crippen molar-refractivity contribution in [3.05, 3.63) is 52.8 Å². The van der Waals surface area contributed by atoms with Crippen molar-refractivity contribution >= 4 is 28.1 Å². The van der Waals surface area contributed by atoms with Crippen molar-refractivity contribution in [3.8, 4) is 0 Å². The van der Waals surface area contributed by atoms with E-state index in [-0.39, 0.29) is 18.4 Å². The molecule has 0 bridgehead atoms. The van der Waals surface area contributed by atoms with Crippen LogP contribution in [0.3, 0.4) is 0 Å². The Morgan fingerprint density at radius 2 is 2.22 bits per heavy atom. The minimum Gasteiger partial charge on any atom is -0.356 e. The summed E-state index contributed by atoms with van der Waals surface area (Å²) in [7, 11) is 0. The summed E-state index contributed by atoms with van der Waals surface area (Å²) < 4.78 is 7.27. The van der Waals surface area contributed by atoms with E-state index in [0.717, 1.165) is 21.2 Å². The largest absolute Gasteiger partial charge is 0.356 e. The van der Waals surface area contributed by atoms with Crippen LogP contribution >= 0.6 is 11.3 Å². The van der Waals surface area contributed by atoms with Crippen LogP contribution in [0.15, 0.2) is 36.5 Å². The van der Waals surface area contributed by atoms with Gasteiger partial charge >= 0.3 is 0 Å². The highest BCUT2D eigenvalue weighted by atomic mass is 32.1. The van der Waals surface area contributed by atoms with E-state index in [0.29, 0.717) is 13.0 Å². The SMILES string of the molecule is Cc1nn2cc(CCNC(=O)[C@H]3OCC(=O)N[C@@H]3c3ccccc3)nc2s1. The van der Waals surface area contributed by atoms with Gasteiger partial charge in [0.1, 0.15) is 11.6 Å². The average molecular weight is 385 g/mol. The molecule has 0 radical (unpaired) electrons. The molecule has 2 N–H and O–H groups in total. The number of hydrogen-bond acceptors (Lipinski definition) is 6. The molecule has 1 fully saturated rings. The first-order chi connectivity index (χ1) is 13.1. The maximum atomic E-state index is 12.6. The predicted molar refractivity (Wildman–Crippen MR) is 99.4 cm³/mol. The number of nitrogens with zero attached hydrogens (tertiary/aromatic N) is 3. The molecule has 2 atom stereocenters. The number of rotatable bonds is 5. The van der Waals surface area contributed by atoms with Crippen LogP contribution in [0.2, 0.25) is 0 Å². The molecule has 3 heterocycles. The van der Waals surface area contributed by atoms with Gasteiger partial charge in [0, 0.05) is 13.0 Å². The van der Waals surface area contributed by atoms with E-state index in [2.05, 4.69) is 20.7 Å². The number of hydrogen-bond donors (Lipinski definition) is 2. The van der Waals surface area contributed by atoms with Gasteiger partial charge in [0.15, 0.2) is 6.10 Å². The molecule has 1 aliphatic heterocycles. The second-order valence-corrected chi connectivity index (χ2v) is 7.47. The Kier molecular flexibility index (Phi) is 4.87. The third-order valence-corrected chi connectivity index (χ3v) is 5.14. The van der Waals surface area contributed by atoms with E-state index < -0.39 is 12.1 Å². The summed E-state index contributed by atoms with van der Waals surface area (Å²) in [6.45, 7) is 2.24. The smallest absolute Gasteiger partial charge is 0.251 e. The Labute approximate surface area is 159 Å². The average Bonchev–Trinajstić information content (AvgIpc) is 3.19. The molecule has 140 valence electrons. The third-order valence-electron chi connectivity index (χ3n) is 4.30. The summed E-state index contributed by atoms with van der Waals surface area (Å²) in [5.74, 6) is -0.479. The second-order valence-electron chi connectivity index (χ2n) is 6.31. The van der Waals surface area contributed by atoms with Crippen molar-refractivity contribution in [2.24, 2.45) is 0 Å². The fourth-order valence-electron chi connectivity index (χ4n) is 3.08. The molecule has 1 aromatic carbocycles. The maximum Gasteiger partial charge on any atom is 0.251 e. The highest BCUT2D eigenvalue weighted by Gasteiger charge is 2.35. The number of carbonyl (C=O) groups excluding carboxylic acids is 2. The molecule has 1 saturated heterocycles. The third kappa shape index (κ3) is 3.83. The number of morpholine rings is 1. The topological polar surface area (TPSA) is 97.6 Å². The van der Waals surface area contributed by atoms with Gasteiger partial charge in [-0.15, -0.1) is 0 Å². The van der Waals surface area contributed by atoms with Crippen molar-refractivity contribution in [2.45, 2.75) is 25.5 Å². The molecule has 3 aromatic rings. The first-order valence-electron chi connectivity index (χ1n) is 8.65. The molecule has 8 nitrogen and oxygen atoms in total. The van der Waals surface area contributed by atoms with Gasteiger partial charge in [-0.1, -0.05) is 41.7 Å². The van der Waals surface area contributed by atoms with E-state index in [9.17, 15) is 9.59 Å². The van der Waals surface area contributed by atoms with E-state index in [1.165, 1.54) is 11.3 Å². The minimum atomic E-state index is -0.764. The first-order valence-corrected chi connectivity index (χ1v) is 9.47. The van der Waals surface area contributed by atoms with Crippen LogP contribution in [0.25, 0.3) is 4.96 Å². The molecule has 9 heteroatoms. The van der Waals surface area contributed by atoms with Crippen LogP contribution in [-0.4, -0.2) is 45.7 Å². The van der Waals surface area contributed by atoms with Crippen LogP contribution in [0, 0.1) is 6.92 Å². The standard InChI is InChI=1S/C18H19N5O3S/c1-11-22-23-9-13(20-18(23)27-11)7-8-19-17(25)16-15(21-14(24)10-26-16)12-5-3-2-4-6-12/h2-6,9,15-16H,7-8,10H2,1H3,(H,19,25)(H,21,24)/t15-,16+/m1/s1. The van der Waals surface area contributed by atoms with Crippen molar-refractivity contribution in [3.63, 3.8) is 0 Å². The van der Waals surface area contributed by atoms with Crippen molar-refractivity contribution in [1.29, 1.82) is 0 Å². The number of fused-ring (bicyclic) bond motifs is 1. The van der Waals surface area contributed by atoms with Crippen LogP contribution in [0.4, 0.5) is 0 Å². The minimum absolute atomic E-state index is 0.121. The Hall–Kier alpha value is -2.78. The normalized spacial score (nSPS) is 19.8. The Balaban J connectivity index is 1.38. The number of aromatic nitrogens is 3. The number of carbonyl (C=O) groups is 2. The molecule has 4 rings (SSSR count). The number of ether oxygens (including phenoxy) is 1. The lowest BCUT2D eigenvalue weighted by Crippen LogP contribution is -2.52. The molecule has 0 aliphatic carbocycles. The summed E-state index contributed by atoms with van der Waals surface area (Å²) in [5.41, 5.74) is 1.70. The lowest BCUT2D eigenvalue weighted by Gasteiger charge is -2.31. The molecular formula is C18H19N5O3S. The fraction of sp³-hybridized carbons (Fsp3) is 0.333. The summed E-state index contributed by atoms with van der Waals surface area (Å²) >= 11 is 1.53. The van der Waals surface area contributed by atoms with Crippen molar-refractivity contribution < 1.29 is 14.3 Å². The van der Waals surface area contributed by atoms with E-state index in [1.54, 1.807) is 4.52 Å². The van der Waals surface area contributed by atoms with Crippen LogP contribution in [-0.2, 0) is 20.7 Å². The van der Waals surface area contributed by atoms with Crippen LogP contribution in [0.1, 0.15) is 22.3 Å². The van der Waals surface area contributed by atoms with Gasteiger partial charge in [-0.05, 0) is 12.5 Å². The first kappa shape index (κ1) is 17.6. The van der Waals surface area contributed by atoms with Crippen molar-refractivity contribution in [1.82, 2.24) is 25.2 Å². The summed E-state index contributed by atoms with van der Waals surface area (Å²) in [6, 6.07) is 8.85. The van der Waals surface area contributed by atoms with Gasteiger partial charge in [-0.3, -0.25) is 9.59 Å². The molecule has 0 saturated carbocycles. The maximum absolute atomic E-state index is 12.6. The zero-order valence-electron chi connectivity index (χ0n) is 14.7. The van der Waals surface area contributed by atoms with Gasteiger partial charge in [-0.25, -0.2) is 9.50 Å². The summed E-state index contributed by atoms with van der Waals surface area (Å²) in [6.07, 6.45) is 1.70. The molecule has 1 aliphatic rings. The Bertz CT molecular complexity index is 936. The van der Waals surface area contributed by atoms with Crippen LogP contribution in [0.5, 0.6) is 0 Å². The highest BCUT2D eigenvalue weighted by molar-refractivity contribution is 7.16. The molecule has 2 amide bonds. The number of imidazole rings is 1. The monoisotopic (exact) mass is 385 g/mol. The number of nitrogens with one attached hydrogen (secondary N) is 2. The lowest BCUT2D eigenvalue weighted by atomic mass is 9.99. The van der Waals surface area contributed by atoms with E-state index in [4.69, 9.17) is 4.74 Å². The molecule has 0 unspecified atom stereocenters. The summed E-state index contributed by atoms with van der Waals surface area (Å²) in [4.78, 5) is 29.7. The number of amides is 2. The quantitative estimate of drug-likeness (QED) is 0.683. The van der Waals surface area contributed by atoms with Gasteiger partial charge < -0.3 is 15.4 Å². The lowest BCUT2D eigenvalue weighted by molar-refractivity contribution is -0.148. The second kappa shape index (κ2) is 7.45. The Morgan fingerprint density at radius 1 is 1.41 bits per heavy atom. The number of aryl methyl sites for hydroxylation is 1. The zero-order chi connectivity index (χ0) is 18.8. The molecular weight excluding hydrogens is 366 g/mol.